The summed E-state index contributed by atoms with van der Waals surface area (Å²) in [5.74, 6) is 0.234. The first-order chi connectivity index (χ1) is 12.4. The number of piperidine rings is 1. The van der Waals surface area contributed by atoms with E-state index in [1.165, 1.54) is 10.4 Å². The van der Waals surface area contributed by atoms with Crippen molar-refractivity contribution in [2.24, 2.45) is 5.92 Å². The average Bonchev–Trinajstić information content (AvgIpc) is 2.67. The fourth-order valence-corrected chi connectivity index (χ4v) is 4.86. The molecule has 7 heteroatoms. The second-order valence-electron chi connectivity index (χ2n) is 6.54. The molecule has 26 heavy (non-hydrogen) atoms. The maximum absolute atomic E-state index is 12.9. The molecule has 0 bridgehead atoms. The predicted octanol–water partition coefficient (Wildman–Crippen LogP) is 2.61. The number of hydrogen-bond acceptors (Lipinski definition) is 4. The van der Waals surface area contributed by atoms with Gasteiger partial charge in [0.05, 0.1) is 11.5 Å². The smallest absolute Gasteiger partial charge is 0.253 e. The van der Waals surface area contributed by atoms with Crippen LogP contribution in [0.1, 0.15) is 44.0 Å². The van der Waals surface area contributed by atoms with Gasteiger partial charge in [0.25, 0.3) is 5.91 Å². The molecule has 6 nitrogen and oxygen atoms in total. The topological polar surface area (TPSA) is 66.9 Å². The van der Waals surface area contributed by atoms with E-state index in [4.69, 9.17) is 4.74 Å². The van der Waals surface area contributed by atoms with Crippen LogP contribution < -0.4 is 0 Å². The minimum absolute atomic E-state index is 0.109. The molecule has 0 aliphatic carbocycles. The lowest BCUT2D eigenvalue weighted by Crippen LogP contribution is -2.41. The number of carbonyl (C=O) groups is 1. The van der Waals surface area contributed by atoms with Crippen molar-refractivity contribution in [1.29, 1.82) is 0 Å². The van der Waals surface area contributed by atoms with Gasteiger partial charge >= 0.3 is 0 Å². The summed E-state index contributed by atoms with van der Waals surface area (Å²) >= 11 is 0. The van der Waals surface area contributed by atoms with Gasteiger partial charge in [-0.05, 0) is 43.9 Å². The molecule has 1 fully saturated rings. The van der Waals surface area contributed by atoms with E-state index in [1.54, 1.807) is 18.2 Å². The maximum Gasteiger partial charge on any atom is 0.253 e. The number of nitrogens with zero attached hydrogens (tertiary/aromatic N) is 2. The predicted molar refractivity (Wildman–Crippen MR) is 102 cm³/mol. The van der Waals surface area contributed by atoms with E-state index in [0.717, 1.165) is 12.8 Å². The Morgan fingerprint density at radius 1 is 1.27 bits per heavy atom. The zero-order valence-corrected chi connectivity index (χ0v) is 16.8. The van der Waals surface area contributed by atoms with Crippen molar-refractivity contribution in [2.45, 2.75) is 38.5 Å². The minimum atomic E-state index is -3.57. The summed E-state index contributed by atoms with van der Waals surface area (Å²) in [6, 6.07) is 6.39. The minimum Gasteiger partial charge on any atom is -0.381 e. The highest BCUT2D eigenvalue weighted by Gasteiger charge is 2.27. The number of rotatable bonds is 8. The summed E-state index contributed by atoms with van der Waals surface area (Å²) in [6.45, 7) is 9.09. The van der Waals surface area contributed by atoms with Gasteiger partial charge in [0, 0.05) is 38.3 Å². The van der Waals surface area contributed by atoms with Crippen molar-refractivity contribution in [3.8, 4) is 0 Å². The van der Waals surface area contributed by atoms with E-state index in [-0.39, 0.29) is 10.8 Å². The van der Waals surface area contributed by atoms with E-state index in [2.05, 4.69) is 0 Å². The molecule has 1 aromatic rings. The van der Waals surface area contributed by atoms with Gasteiger partial charge in [-0.15, -0.1) is 0 Å². The second-order valence-corrected chi connectivity index (χ2v) is 8.47. The zero-order valence-electron chi connectivity index (χ0n) is 16.0. The van der Waals surface area contributed by atoms with Gasteiger partial charge in [-0.1, -0.05) is 19.9 Å². The number of likely N-dealkylation sites (tertiary alicyclic amines) is 1. The fraction of sp³-hybridized carbons (Fsp3) is 0.632. The van der Waals surface area contributed by atoms with Gasteiger partial charge in [0.15, 0.2) is 0 Å². The summed E-state index contributed by atoms with van der Waals surface area (Å²) in [5, 5.41) is 0. The number of hydrogen-bond donors (Lipinski definition) is 0. The van der Waals surface area contributed by atoms with Crippen LogP contribution in [0, 0.1) is 5.92 Å². The SMILES string of the molecule is CCOCC1CCCN(C(=O)c2cccc(S(=O)(=O)N(CC)CC)c2)C1. The molecule has 1 aromatic carbocycles. The molecule has 0 saturated carbocycles. The average molecular weight is 383 g/mol. The van der Waals surface area contributed by atoms with Crippen LogP contribution in [0.3, 0.4) is 0 Å². The summed E-state index contributed by atoms with van der Waals surface area (Å²) in [5.41, 5.74) is 0.426. The van der Waals surface area contributed by atoms with Crippen LogP contribution in [-0.2, 0) is 14.8 Å². The molecule has 1 aliphatic rings. The Morgan fingerprint density at radius 2 is 2.00 bits per heavy atom. The number of carbonyl (C=O) groups excluding carboxylic acids is 1. The van der Waals surface area contributed by atoms with Crippen molar-refractivity contribution >= 4 is 15.9 Å². The monoisotopic (exact) mass is 382 g/mol. The number of benzene rings is 1. The molecule has 1 saturated heterocycles. The molecule has 1 aliphatic heterocycles. The van der Waals surface area contributed by atoms with Crippen LogP contribution in [-0.4, -0.2) is 62.9 Å². The highest BCUT2D eigenvalue weighted by Crippen LogP contribution is 2.21. The summed E-state index contributed by atoms with van der Waals surface area (Å²) in [6.07, 6.45) is 2.00. The summed E-state index contributed by atoms with van der Waals surface area (Å²) < 4.78 is 32.3. The molecule has 0 radical (unpaired) electrons. The third kappa shape index (κ3) is 4.84. The van der Waals surface area contributed by atoms with E-state index in [0.29, 0.717) is 50.9 Å². The lowest BCUT2D eigenvalue weighted by Gasteiger charge is -2.32. The van der Waals surface area contributed by atoms with Gasteiger partial charge in [-0.25, -0.2) is 8.42 Å². The van der Waals surface area contributed by atoms with Crippen LogP contribution in [0.5, 0.6) is 0 Å². The molecule has 1 amide bonds. The van der Waals surface area contributed by atoms with Gasteiger partial charge in [-0.2, -0.15) is 4.31 Å². The lowest BCUT2D eigenvalue weighted by atomic mass is 9.98. The third-order valence-corrected chi connectivity index (χ3v) is 6.83. The lowest BCUT2D eigenvalue weighted by molar-refractivity contribution is 0.0501. The van der Waals surface area contributed by atoms with Gasteiger partial charge in [0.2, 0.25) is 10.0 Å². The second kappa shape index (κ2) is 9.48. The normalized spacial score (nSPS) is 18.3. The van der Waals surface area contributed by atoms with Crippen molar-refractivity contribution in [1.82, 2.24) is 9.21 Å². The van der Waals surface area contributed by atoms with Gasteiger partial charge < -0.3 is 9.64 Å². The molecule has 1 heterocycles. The van der Waals surface area contributed by atoms with E-state index in [1.807, 2.05) is 25.7 Å². The Morgan fingerprint density at radius 3 is 2.65 bits per heavy atom. The van der Waals surface area contributed by atoms with Crippen LogP contribution >= 0.6 is 0 Å². The molecular weight excluding hydrogens is 352 g/mol. The Labute approximate surface area is 157 Å². The first-order valence-corrected chi connectivity index (χ1v) is 10.8. The zero-order chi connectivity index (χ0) is 19.2. The number of ether oxygens (including phenoxy) is 1. The van der Waals surface area contributed by atoms with Crippen LogP contribution in [0.4, 0.5) is 0 Å². The van der Waals surface area contributed by atoms with Crippen LogP contribution in [0.2, 0.25) is 0 Å². The van der Waals surface area contributed by atoms with Gasteiger partial charge in [0.1, 0.15) is 0 Å². The highest BCUT2D eigenvalue weighted by atomic mass is 32.2. The number of amides is 1. The van der Waals surface area contributed by atoms with Crippen LogP contribution in [0.25, 0.3) is 0 Å². The third-order valence-electron chi connectivity index (χ3n) is 4.79. The molecule has 146 valence electrons. The molecular formula is C19H30N2O4S. The standard InChI is InChI=1S/C19H30N2O4S/c1-4-21(5-2)26(23,24)18-11-7-10-17(13-18)19(22)20-12-8-9-16(14-20)15-25-6-3/h7,10-11,13,16H,4-6,8-9,12,14-15H2,1-3H3. The Kier molecular flexibility index (Phi) is 7.61. The van der Waals surface area contributed by atoms with Crippen molar-refractivity contribution < 1.29 is 17.9 Å². The van der Waals surface area contributed by atoms with E-state index < -0.39 is 10.0 Å². The summed E-state index contributed by atoms with van der Waals surface area (Å²) in [4.78, 5) is 14.9. The summed E-state index contributed by atoms with van der Waals surface area (Å²) in [7, 11) is -3.57. The van der Waals surface area contributed by atoms with Crippen molar-refractivity contribution in [3.63, 3.8) is 0 Å². The molecule has 0 spiro atoms. The van der Waals surface area contributed by atoms with Crippen LogP contribution in [0.15, 0.2) is 29.2 Å². The largest absolute Gasteiger partial charge is 0.381 e. The Balaban J connectivity index is 2.17. The van der Waals surface area contributed by atoms with E-state index >= 15 is 0 Å². The van der Waals surface area contributed by atoms with Crippen molar-refractivity contribution in [2.75, 3.05) is 39.4 Å². The highest BCUT2D eigenvalue weighted by molar-refractivity contribution is 7.89. The molecule has 0 aromatic heterocycles. The maximum atomic E-state index is 12.9. The molecule has 0 N–H and O–H groups in total. The van der Waals surface area contributed by atoms with Gasteiger partial charge in [-0.3, -0.25) is 4.79 Å². The van der Waals surface area contributed by atoms with Crippen molar-refractivity contribution in [3.05, 3.63) is 29.8 Å². The first-order valence-electron chi connectivity index (χ1n) is 9.41. The van der Waals surface area contributed by atoms with E-state index in [9.17, 15) is 13.2 Å². The Bertz CT molecular complexity index is 701. The fourth-order valence-electron chi connectivity index (χ4n) is 3.35. The molecule has 1 atom stereocenters. The molecule has 2 rings (SSSR count). The Hall–Kier alpha value is -1.44. The quantitative estimate of drug-likeness (QED) is 0.693. The molecule has 1 unspecified atom stereocenters. The first kappa shape index (κ1) is 20.9. The number of sulfonamides is 1.